The van der Waals surface area contributed by atoms with Crippen molar-refractivity contribution >= 4 is 5.97 Å². The highest BCUT2D eigenvalue weighted by Gasteiger charge is 2.43. The fourth-order valence-corrected chi connectivity index (χ4v) is 5.25. The molecule has 0 spiro atoms. The average molecular weight is 425 g/mol. The van der Waals surface area contributed by atoms with Gasteiger partial charge < -0.3 is 19.7 Å². The predicted molar refractivity (Wildman–Crippen MR) is 119 cm³/mol. The van der Waals surface area contributed by atoms with Gasteiger partial charge in [-0.25, -0.2) is 0 Å². The maximum atomic E-state index is 11.5. The molecule has 1 fully saturated rings. The van der Waals surface area contributed by atoms with Crippen LogP contribution >= 0.6 is 0 Å². The van der Waals surface area contributed by atoms with E-state index in [-0.39, 0.29) is 35.7 Å². The van der Waals surface area contributed by atoms with E-state index < -0.39 is 5.97 Å². The van der Waals surface area contributed by atoms with Gasteiger partial charge in [-0.1, -0.05) is 30.3 Å². The van der Waals surface area contributed by atoms with Gasteiger partial charge in [0.25, 0.3) is 0 Å². The van der Waals surface area contributed by atoms with Gasteiger partial charge in [0.15, 0.2) is 0 Å². The molecule has 1 aliphatic carbocycles. The second kappa shape index (κ2) is 9.21. The summed E-state index contributed by atoms with van der Waals surface area (Å²) in [6.07, 6.45) is 4.97. The molecule has 0 radical (unpaired) electrons. The van der Waals surface area contributed by atoms with E-state index >= 15 is 0 Å². The molecule has 0 bridgehead atoms. The van der Waals surface area contributed by atoms with Gasteiger partial charge in [0.2, 0.25) is 0 Å². The summed E-state index contributed by atoms with van der Waals surface area (Å²) in [6, 6.07) is 13.9. The van der Waals surface area contributed by atoms with Crippen LogP contribution in [0.1, 0.15) is 63.0 Å². The zero-order valence-electron chi connectivity index (χ0n) is 18.3. The summed E-state index contributed by atoms with van der Waals surface area (Å²) in [7, 11) is 0. The van der Waals surface area contributed by atoms with Crippen LogP contribution in [0, 0.1) is 11.8 Å². The molecule has 166 valence electrons. The van der Waals surface area contributed by atoms with Crippen LogP contribution in [-0.4, -0.2) is 28.4 Å². The van der Waals surface area contributed by atoms with E-state index in [4.69, 9.17) is 9.47 Å². The number of fused-ring (bicyclic) bond motifs is 3. The standard InChI is InChI=1S/C26H32O5/c1-16(7-6-10-18-8-4-3-5-9-18)30-20-14-23(27)25-22-13-19(26(28)29)11-12-21(22)17(2)31-24(25)15-20/h3-5,8-9,14-17,19,21-22,27H,6-7,10-13H2,1-2H3,(H,28,29)/t16?,17?,19-,21-,22-/m1/s1. The molecule has 4 rings (SSSR count). The molecular weight excluding hydrogens is 392 g/mol. The molecule has 2 N–H and O–H groups in total. The zero-order valence-corrected chi connectivity index (χ0v) is 18.3. The monoisotopic (exact) mass is 424 g/mol. The average Bonchev–Trinajstić information content (AvgIpc) is 2.73. The highest BCUT2D eigenvalue weighted by atomic mass is 16.5. The van der Waals surface area contributed by atoms with Gasteiger partial charge >= 0.3 is 5.97 Å². The maximum absolute atomic E-state index is 11.5. The normalized spacial score (nSPS) is 25.6. The fourth-order valence-electron chi connectivity index (χ4n) is 5.25. The molecule has 2 aliphatic rings. The number of rotatable bonds is 7. The molecule has 0 aromatic heterocycles. The molecule has 1 heterocycles. The minimum absolute atomic E-state index is 0.00551. The minimum Gasteiger partial charge on any atom is -0.507 e. The third kappa shape index (κ3) is 4.81. The molecule has 5 atom stereocenters. The van der Waals surface area contributed by atoms with Gasteiger partial charge in [-0.05, 0) is 63.9 Å². The summed E-state index contributed by atoms with van der Waals surface area (Å²) in [4.78, 5) is 11.5. The Bertz CT molecular complexity index is 910. The summed E-state index contributed by atoms with van der Waals surface area (Å²) in [5, 5.41) is 20.3. The summed E-state index contributed by atoms with van der Waals surface area (Å²) in [5.74, 6) is 0.508. The highest BCUT2D eigenvalue weighted by Crippen LogP contribution is 2.53. The van der Waals surface area contributed by atoms with Gasteiger partial charge in [-0.2, -0.15) is 0 Å². The quantitative estimate of drug-likeness (QED) is 0.610. The van der Waals surface area contributed by atoms with Crippen molar-refractivity contribution in [3.63, 3.8) is 0 Å². The topological polar surface area (TPSA) is 76.0 Å². The van der Waals surface area contributed by atoms with Crippen LogP contribution in [0.4, 0.5) is 0 Å². The molecule has 0 saturated heterocycles. The third-order valence-corrected chi connectivity index (χ3v) is 6.89. The first-order valence-electron chi connectivity index (χ1n) is 11.4. The van der Waals surface area contributed by atoms with Crippen molar-refractivity contribution in [1.82, 2.24) is 0 Å². The first kappa shape index (κ1) is 21.5. The molecule has 5 heteroatoms. The molecule has 2 aromatic rings. The first-order chi connectivity index (χ1) is 14.9. The lowest BCUT2D eigenvalue weighted by molar-refractivity contribution is -0.143. The predicted octanol–water partition coefficient (Wildman–Crippen LogP) is 5.55. The van der Waals surface area contributed by atoms with Crippen molar-refractivity contribution in [2.75, 3.05) is 0 Å². The fraction of sp³-hybridized carbons (Fsp3) is 0.500. The number of aliphatic carboxylic acids is 1. The second-order valence-corrected chi connectivity index (χ2v) is 9.10. The number of ether oxygens (including phenoxy) is 2. The minimum atomic E-state index is -0.747. The van der Waals surface area contributed by atoms with Crippen LogP contribution in [0.25, 0.3) is 0 Å². The Hall–Kier alpha value is -2.69. The smallest absolute Gasteiger partial charge is 0.306 e. The lowest BCUT2D eigenvalue weighted by atomic mass is 9.67. The number of aryl methyl sites for hydroxylation is 1. The third-order valence-electron chi connectivity index (χ3n) is 6.89. The van der Waals surface area contributed by atoms with E-state index in [2.05, 4.69) is 24.3 Å². The molecule has 5 nitrogen and oxygen atoms in total. The Kier molecular flexibility index (Phi) is 6.40. The molecule has 1 aliphatic heterocycles. The number of carboxylic acid groups (broad SMARTS) is 1. The van der Waals surface area contributed by atoms with Crippen molar-refractivity contribution in [2.45, 2.75) is 70.5 Å². The molecule has 0 amide bonds. The number of carboxylic acids is 1. The summed E-state index contributed by atoms with van der Waals surface area (Å²) in [5.41, 5.74) is 2.07. The molecule has 1 saturated carbocycles. The Morgan fingerprint density at radius 1 is 1.23 bits per heavy atom. The van der Waals surface area contributed by atoms with Crippen LogP contribution in [0.3, 0.4) is 0 Å². The van der Waals surface area contributed by atoms with Crippen molar-refractivity contribution in [2.24, 2.45) is 11.8 Å². The van der Waals surface area contributed by atoms with Gasteiger partial charge in [0.1, 0.15) is 17.2 Å². The van der Waals surface area contributed by atoms with Crippen LogP contribution in [0.15, 0.2) is 42.5 Å². The Balaban J connectivity index is 1.44. The lowest BCUT2D eigenvalue weighted by Crippen LogP contribution is -2.39. The molecular formula is C26H32O5. The molecule has 31 heavy (non-hydrogen) atoms. The summed E-state index contributed by atoms with van der Waals surface area (Å²) >= 11 is 0. The Morgan fingerprint density at radius 3 is 2.74 bits per heavy atom. The lowest BCUT2D eigenvalue weighted by Gasteiger charge is -2.43. The van der Waals surface area contributed by atoms with E-state index in [1.165, 1.54) is 5.56 Å². The second-order valence-electron chi connectivity index (χ2n) is 9.10. The molecule has 2 aromatic carbocycles. The summed E-state index contributed by atoms with van der Waals surface area (Å²) in [6.45, 7) is 4.08. The van der Waals surface area contributed by atoms with Crippen molar-refractivity contribution < 1.29 is 24.5 Å². The van der Waals surface area contributed by atoms with E-state index in [1.54, 1.807) is 6.07 Å². The number of carbonyl (C=O) groups is 1. The van der Waals surface area contributed by atoms with Crippen molar-refractivity contribution in [1.29, 1.82) is 0 Å². The van der Waals surface area contributed by atoms with E-state index in [0.29, 0.717) is 24.3 Å². The van der Waals surface area contributed by atoms with E-state index in [1.807, 2.05) is 26.0 Å². The van der Waals surface area contributed by atoms with Crippen molar-refractivity contribution in [3.8, 4) is 17.2 Å². The number of hydrogen-bond donors (Lipinski definition) is 2. The van der Waals surface area contributed by atoms with E-state index in [9.17, 15) is 15.0 Å². The van der Waals surface area contributed by atoms with Gasteiger partial charge in [-0.15, -0.1) is 0 Å². The number of aromatic hydroxyl groups is 1. The number of hydrogen-bond acceptors (Lipinski definition) is 4. The Morgan fingerprint density at radius 2 is 2.00 bits per heavy atom. The maximum Gasteiger partial charge on any atom is 0.306 e. The first-order valence-corrected chi connectivity index (χ1v) is 11.4. The van der Waals surface area contributed by atoms with E-state index in [0.717, 1.165) is 31.2 Å². The van der Waals surface area contributed by atoms with Gasteiger partial charge in [0.05, 0.1) is 18.1 Å². The largest absolute Gasteiger partial charge is 0.507 e. The number of phenolic OH excluding ortho intramolecular Hbond substituents is 1. The van der Waals surface area contributed by atoms with Crippen molar-refractivity contribution in [3.05, 3.63) is 53.6 Å². The SMILES string of the molecule is CC(CCCc1ccccc1)Oc1cc(O)c2c(c1)OC(C)[C@H]1CC[C@@H](C(=O)O)C[C@@H]21. The Labute approximate surface area is 184 Å². The van der Waals surface area contributed by atoms with Gasteiger partial charge in [0, 0.05) is 23.6 Å². The zero-order chi connectivity index (χ0) is 22.0. The van der Waals surface area contributed by atoms with Crippen LogP contribution in [0.2, 0.25) is 0 Å². The summed E-state index contributed by atoms with van der Waals surface area (Å²) < 4.78 is 12.2. The number of phenols is 1. The van der Waals surface area contributed by atoms with Crippen LogP contribution < -0.4 is 9.47 Å². The van der Waals surface area contributed by atoms with Crippen LogP contribution in [0.5, 0.6) is 17.2 Å². The molecule has 2 unspecified atom stereocenters. The van der Waals surface area contributed by atoms with Gasteiger partial charge in [-0.3, -0.25) is 4.79 Å². The highest BCUT2D eigenvalue weighted by molar-refractivity contribution is 5.70. The van der Waals surface area contributed by atoms with Crippen LogP contribution in [-0.2, 0) is 11.2 Å². The number of benzene rings is 2.